The summed E-state index contributed by atoms with van der Waals surface area (Å²) >= 11 is 1.35. The first-order valence-corrected chi connectivity index (χ1v) is 5.74. The number of nitrogen functional groups attached to an aromatic ring is 1. The van der Waals surface area contributed by atoms with Crippen molar-refractivity contribution in [1.29, 1.82) is 0 Å². The van der Waals surface area contributed by atoms with Gasteiger partial charge < -0.3 is 5.73 Å². The molecule has 1 aromatic carbocycles. The summed E-state index contributed by atoms with van der Waals surface area (Å²) in [5, 5.41) is 0.431. The van der Waals surface area contributed by atoms with Crippen molar-refractivity contribution in [2.24, 2.45) is 0 Å². The second-order valence-electron chi connectivity index (χ2n) is 3.65. The zero-order valence-electron chi connectivity index (χ0n) is 9.15. The van der Waals surface area contributed by atoms with Gasteiger partial charge in [-0.25, -0.2) is 4.98 Å². The quantitative estimate of drug-likeness (QED) is 0.810. The van der Waals surface area contributed by atoms with E-state index in [9.17, 15) is 4.79 Å². The number of aryl methyl sites for hydroxylation is 1. The number of carbonyl (C=O) groups is 1. The highest BCUT2D eigenvalue weighted by Gasteiger charge is 2.14. The Morgan fingerprint density at radius 1 is 1.31 bits per heavy atom. The van der Waals surface area contributed by atoms with Crippen molar-refractivity contribution in [3.63, 3.8) is 0 Å². The lowest BCUT2D eigenvalue weighted by molar-refractivity contribution is 0.101. The van der Waals surface area contributed by atoms with Crippen molar-refractivity contribution in [2.45, 2.75) is 13.8 Å². The molecule has 2 N–H and O–H groups in total. The minimum atomic E-state index is -0.0523. The van der Waals surface area contributed by atoms with Crippen molar-refractivity contribution >= 4 is 22.3 Å². The Labute approximate surface area is 97.9 Å². The van der Waals surface area contributed by atoms with Crippen LogP contribution in [0.1, 0.15) is 23.0 Å². The van der Waals surface area contributed by atoms with E-state index in [4.69, 9.17) is 5.73 Å². The molecule has 0 bridgehead atoms. The molecule has 2 rings (SSSR count). The van der Waals surface area contributed by atoms with E-state index in [-0.39, 0.29) is 5.78 Å². The van der Waals surface area contributed by atoms with E-state index >= 15 is 0 Å². The lowest BCUT2D eigenvalue weighted by atomic mass is 10.1. The monoisotopic (exact) mass is 232 g/mol. The summed E-state index contributed by atoms with van der Waals surface area (Å²) in [5.74, 6) is -0.0523. The number of hydrogen-bond donors (Lipinski definition) is 1. The van der Waals surface area contributed by atoms with Crippen LogP contribution in [0.3, 0.4) is 0 Å². The van der Waals surface area contributed by atoms with Gasteiger partial charge in [-0.1, -0.05) is 41.2 Å². The lowest BCUT2D eigenvalue weighted by Crippen LogP contribution is -1.95. The van der Waals surface area contributed by atoms with Crippen LogP contribution in [0.25, 0.3) is 10.4 Å². The summed E-state index contributed by atoms with van der Waals surface area (Å²) < 4.78 is 0. The molecule has 0 radical (unpaired) electrons. The number of hydrogen-bond acceptors (Lipinski definition) is 4. The number of anilines is 1. The summed E-state index contributed by atoms with van der Waals surface area (Å²) in [6, 6.07) is 7.98. The van der Waals surface area contributed by atoms with Gasteiger partial charge in [0.1, 0.15) is 5.69 Å². The second-order valence-corrected chi connectivity index (χ2v) is 4.68. The Morgan fingerprint density at radius 3 is 2.50 bits per heavy atom. The molecule has 0 atom stereocenters. The Bertz CT molecular complexity index is 528. The second kappa shape index (κ2) is 4.06. The molecule has 1 heterocycles. The van der Waals surface area contributed by atoms with Gasteiger partial charge in [-0.05, 0) is 12.5 Å². The van der Waals surface area contributed by atoms with Crippen LogP contribution in [0, 0.1) is 6.92 Å². The van der Waals surface area contributed by atoms with E-state index in [1.165, 1.54) is 23.8 Å². The van der Waals surface area contributed by atoms with E-state index in [0.29, 0.717) is 10.8 Å². The third-order valence-corrected chi connectivity index (χ3v) is 3.22. The number of thiazole rings is 1. The summed E-state index contributed by atoms with van der Waals surface area (Å²) in [6.07, 6.45) is 0. The maximum absolute atomic E-state index is 11.4. The van der Waals surface area contributed by atoms with Crippen LogP contribution < -0.4 is 5.73 Å². The van der Waals surface area contributed by atoms with Crippen LogP contribution in [0.15, 0.2) is 24.3 Å². The third kappa shape index (κ3) is 1.97. The van der Waals surface area contributed by atoms with E-state index in [1.807, 2.05) is 31.2 Å². The first kappa shape index (κ1) is 10.8. The predicted octanol–water partition coefficient (Wildman–Crippen LogP) is 2.90. The normalized spacial score (nSPS) is 10.4. The average Bonchev–Trinajstić information content (AvgIpc) is 2.61. The van der Waals surface area contributed by atoms with Crippen molar-refractivity contribution < 1.29 is 4.79 Å². The van der Waals surface area contributed by atoms with Crippen LogP contribution in [-0.4, -0.2) is 10.8 Å². The molecule has 0 saturated carbocycles. The molecule has 2 aromatic rings. The zero-order chi connectivity index (χ0) is 11.7. The van der Waals surface area contributed by atoms with Crippen molar-refractivity contribution in [3.8, 4) is 10.4 Å². The molecule has 16 heavy (non-hydrogen) atoms. The highest BCUT2D eigenvalue weighted by atomic mass is 32.1. The molecule has 3 nitrogen and oxygen atoms in total. The molecule has 0 aliphatic rings. The SMILES string of the molecule is CC(=O)c1nc(N)sc1-c1ccc(C)cc1. The van der Waals surface area contributed by atoms with Crippen molar-refractivity contribution in [2.75, 3.05) is 5.73 Å². The molecule has 0 fully saturated rings. The third-order valence-electron chi connectivity index (χ3n) is 2.29. The van der Waals surface area contributed by atoms with Gasteiger partial charge >= 0.3 is 0 Å². The molecule has 0 aliphatic heterocycles. The maximum atomic E-state index is 11.4. The summed E-state index contributed by atoms with van der Waals surface area (Å²) in [4.78, 5) is 16.3. The summed E-state index contributed by atoms with van der Waals surface area (Å²) in [5.41, 5.74) is 8.28. The average molecular weight is 232 g/mol. The fraction of sp³-hybridized carbons (Fsp3) is 0.167. The molecule has 0 unspecified atom stereocenters. The van der Waals surface area contributed by atoms with Gasteiger partial charge in [0.2, 0.25) is 0 Å². The Balaban J connectivity index is 2.55. The standard InChI is InChI=1S/C12H12N2OS/c1-7-3-5-9(6-4-7)11-10(8(2)15)14-12(13)16-11/h3-6H,1-2H3,(H2,13,14). The fourth-order valence-corrected chi connectivity index (χ4v) is 2.36. The highest BCUT2D eigenvalue weighted by molar-refractivity contribution is 7.19. The summed E-state index contributed by atoms with van der Waals surface area (Å²) in [7, 11) is 0. The summed E-state index contributed by atoms with van der Waals surface area (Å²) in [6.45, 7) is 3.53. The minimum Gasteiger partial charge on any atom is -0.375 e. The zero-order valence-corrected chi connectivity index (χ0v) is 9.97. The van der Waals surface area contributed by atoms with Crippen molar-refractivity contribution in [1.82, 2.24) is 4.98 Å². The largest absolute Gasteiger partial charge is 0.375 e. The first-order chi connectivity index (χ1) is 7.58. The Kier molecular flexibility index (Phi) is 2.75. The van der Waals surface area contributed by atoms with Gasteiger partial charge in [-0.2, -0.15) is 0 Å². The Morgan fingerprint density at radius 2 is 1.94 bits per heavy atom. The molecular formula is C12H12N2OS. The smallest absolute Gasteiger partial charge is 0.181 e. The van der Waals surface area contributed by atoms with Crippen LogP contribution in [0.2, 0.25) is 0 Å². The number of carbonyl (C=O) groups excluding carboxylic acids is 1. The number of benzene rings is 1. The molecule has 0 saturated heterocycles. The van der Waals surface area contributed by atoms with Gasteiger partial charge in [0, 0.05) is 6.92 Å². The van der Waals surface area contributed by atoms with Crippen LogP contribution in [-0.2, 0) is 0 Å². The number of rotatable bonds is 2. The van der Waals surface area contributed by atoms with E-state index in [2.05, 4.69) is 4.98 Å². The van der Waals surface area contributed by atoms with E-state index in [0.717, 1.165) is 10.4 Å². The van der Waals surface area contributed by atoms with E-state index in [1.54, 1.807) is 0 Å². The van der Waals surface area contributed by atoms with Crippen LogP contribution >= 0.6 is 11.3 Å². The molecule has 0 amide bonds. The number of nitrogens with zero attached hydrogens (tertiary/aromatic N) is 1. The molecule has 82 valence electrons. The van der Waals surface area contributed by atoms with Gasteiger partial charge in [-0.3, -0.25) is 4.79 Å². The fourth-order valence-electron chi connectivity index (χ4n) is 1.48. The number of Topliss-reactive ketones (excluding diaryl/α,β-unsaturated/α-hetero) is 1. The van der Waals surface area contributed by atoms with Gasteiger partial charge in [0.25, 0.3) is 0 Å². The molecule has 4 heteroatoms. The predicted molar refractivity (Wildman–Crippen MR) is 66.7 cm³/mol. The lowest BCUT2D eigenvalue weighted by Gasteiger charge is -1.99. The Hall–Kier alpha value is -1.68. The number of aromatic nitrogens is 1. The number of nitrogens with two attached hydrogens (primary N) is 1. The topological polar surface area (TPSA) is 56.0 Å². The van der Waals surface area contributed by atoms with Crippen LogP contribution in [0.4, 0.5) is 5.13 Å². The maximum Gasteiger partial charge on any atom is 0.181 e. The van der Waals surface area contributed by atoms with Crippen molar-refractivity contribution in [3.05, 3.63) is 35.5 Å². The molecule has 0 spiro atoms. The molecule has 0 aliphatic carbocycles. The van der Waals surface area contributed by atoms with E-state index < -0.39 is 0 Å². The van der Waals surface area contributed by atoms with Crippen LogP contribution in [0.5, 0.6) is 0 Å². The number of ketones is 1. The highest BCUT2D eigenvalue weighted by Crippen LogP contribution is 2.32. The van der Waals surface area contributed by atoms with Gasteiger partial charge in [0.15, 0.2) is 10.9 Å². The van der Waals surface area contributed by atoms with Gasteiger partial charge in [0.05, 0.1) is 4.88 Å². The van der Waals surface area contributed by atoms with Gasteiger partial charge in [-0.15, -0.1) is 0 Å². The molecular weight excluding hydrogens is 220 g/mol. The minimum absolute atomic E-state index is 0.0523. The molecule has 1 aromatic heterocycles. The first-order valence-electron chi connectivity index (χ1n) is 4.92.